The first-order chi connectivity index (χ1) is 14.0. The van der Waals surface area contributed by atoms with E-state index in [4.69, 9.17) is 15.2 Å². The molecule has 1 aliphatic carbocycles. The average molecular weight is 401 g/mol. The lowest BCUT2D eigenvalue weighted by atomic mass is 9.92. The van der Waals surface area contributed by atoms with Gasteiger partial charge < -0.3 is 25.4 Å². The van der Waals surface area contributed by atoms with E-state index in [1.807, 2.05) is 6.07 Å². The fraction of sp³-hybridized carbons (Fsp3) is 0.579. The standard InChI is InChI=1S/C19H23N5O5/c20-9-19(14-6-5-12-18(21)22-10-23-24(12)14)17(27)16(26)13(29-19)8-28-15(25)7-11-3-1-2-4-11/h5-6,10-11,13,16-17,26-27H,1-4,7-8H2,(H2,21,22,23)/t13-,16-,17-,19+/m1/s1. The highest BCUT2D eigenvalue weighted by atomic mass is 16.6. The lowest BCUT2D eigenvalue weighted by Crippen LogP contribution is -2.41. The molecule has 1 saturated carbocycles. The molecule has 3 heterocycles. The molecule has 4 rings (SSSR count). The SMILES string of the molecule is N#C[C@@]1(c2ccc3c(N)ncnn23)O[C@H](COC(=O)CC2CCCC2)[C@@H](O)[C@H]1O. The Labute approximate surface area is 166 Å². The Morgan fingerprint density at radius 2 is 2.17 bits per heavy atom. The van der Waals surface area contributed by atoms with Gasteiger partial charge in [0.25, 0.3) is 0 Å². The molecule has 4 N–H and O–H groups in total. The number of hydrogen-bond donors (Lipinski definition) is 3. The fourth-order valence-corrected chi connectivity index (χ4v) is 4.23. The fourth-order valence-electron chi connectivity index (χ4n) is 4.23. The van der Waals surface area contributed by atoms with Crippen LogP contribution in [0, 0.1) is 17.2 Å². The second-order valence-corrected chi connectivity index (χ2v) is 7.64. The number of hydrogen-bond acceptors (Lipinski definition) is 9. The Morgan fingerprint density at radius 3 is 2.90 bits per heavy atom. The molecule has 0 aromatic carbocycles. The number of aliphatic hydroxyl groups is 2. The Balaban J connectivity index is 1.52. The normalized spacial score (nSPS) is 29.9. The topological polar surface area (TPSA) is 156 Å². The predicted molar refractivity (Wildman–Crippen MR) is 99.1 cm³/mol. The van der Waals surface area contributed by atoms with E-state index in [2.05, 4.69) is 10.1 Å². The van der Waals surface area contributed by atoms with Crippen molar-refractivity contribution < 1.29 is 24.5 Å². The minimum atomic E-state index is -1.89. The number of aromatic nitrogens is 3. The van der Waals surface area contributed by atoms with Crippen molar-refractivity contribution >= 4 is 17.3 Å². The quantitative estimate of drug-likeness (QED) is 0.599. The summed E-state index contributed by atoms with van der Waals surface area (Å²) in [6.45, 7) is -0.256. The highest BCUT2D eigenvalue weighted by molar-refractivity contribution is 5.69. The van der Waals surface area contributed by atoms with Gasteiger partial charge in [0.2, 0.25) is 5.60 Å². The smallest absolute Gasteiger partial charge is 0.306 e. The lowest BCUT2D eigenvalue weighted by Gasteiger charge is -2.24. The Bertz CT molecular complexity index is 950. The van der Waals surface area contributed by atoms with Crippen molar-refractivity contribution in [2.24, 2.45) is 5.92 Å². The van der Waals surface area contributed by atoms with Gasteiger partial charge in [-0.25, -0.2) is 9.50 Å². The van der Waals surface area contributed by atoms with Gasteiger partial charge in [0.05, 0.1) is 5.69 Å². The highest BCUT2D eigenvalue weighted by Gasteiger charge is 2.57. The minimum Gasteiger partial charge on any atom is -0.463 e. The first kappa shape index (κ1) is 19.6. The Morgan fingerprint density at radius 1 is 1.41 bits per heavy atom. The van der Waals surface area contributed by atoms with Gasteiger partial charge >= 0.3 is 5.97 Å². The summed E-state index contributed by atoms with van der Waals surface area (Å²) in [5, 5.41) is 35.0. The zero-order valence-corrected chi connectivity index (χ0v) is 15.8. The molecule has 1 saturated heterocycles. The van der Waals surface area contributed by atoms with Crippen LogP contribution in [0.5, 0.6) is 0 Å². The van der Waals surface area contributed by atoms with E-state index in [0.29, 0.717) is 17.9 Å². The van der Waals surface area contributed by atoms with Gasteiger partial charge in [0.1, 0.15) is 42.8 Å². The number of carbonyl (C=O) groups excluding carboxylic acids is 1. The van der Waals surface area contributed by atoms with Crippen LogP contribution in [0.4, 0.5) is 5.82 Å². The minimum absolute atomic E-state index is 0.199. The predicted octanol–water partition coefficient (Wildman–Crippen LogP) is 0.274. The number of nitrogen functional groups attached to an aromatic ring is 1. The molecule has 0 amide bonds. The van der Waals surface area contributed by atoms with Gasteiger partial charge in [-0.2, -0.15) is 10.4 Å². The van der Waals surface area contributed by atoms with Crippen molar-refractivity contribution in [3.05, 3.63) is 24.2 Å². The van der Waals surface area contributed by atoms with Gasteiger partial charge in [-0.05, 0) is 30.9 Å². The molecule has 10 heteroatoms. The second-order valence-electron chi connectivity index (χ2n) is 7.64. The van der Waals surface area contributed by atoms with Crippen LogP contribution in [-0.2, 0) is 19.9 Å². The third-order valence-electron chi connectivity index (χ3n) is 5.83. The maximum Gasteiger partial charge on any atom is 0.306 e. The molecular weight excluding hydrogens is 378 g/mol. The van der Waals surface area contributed by atoms with Crippen molar-refractivity contribution in [2.75, 3.05) is 12.3 Å². The van der Waals surface area contributed by atoms with E-state index in [1.54, 1.807) is 6.07 Å². The maximum atomic E-state index is 12.1. The van der Waals surface area contributed by atoms with E-state index in [1.165, 1.54) is 16.9 Å². The zero-order chi connectivity index (χ0) is 20.6. The van der Waals surface area contributed by atoms with E-state index in [-0.39, 0.29) is 24.1 Å². The van der Waals surface area contributed by atoms with Crippen LogP contribution in [0.1, 0.15) is 37.8 Å². The molecule has 29 heavy (non-hydrogen) atoms. The van der Waals surface area contributed by atoms with Crippen molar-refractivity contribution in [1.29, 1.82) is 5.26 Å². The Kier molecular flexibility index (Phi) is 5.12. The summed E-state index contributed by atoms with van der Waals surface area (Å²) in [6, 6.07) is 5.09. The number of ether oxygens (including phenoxy) is 2. The second kappa shape index (κ2) is 7.59. The van der Waals surface area contributed by atoms with Crippen LogP contribution in [-0.4, -0.2) is 55.7 Å². The summed E-state index contributed by atoms with van der Waals surface area (Å²) in [5.41, 5.74) is 4.57. The molecule has 1 aliphatic heterocycles. The van der Waals surface area contributed by atoms with Crippen LogP contribution in [0.25, 0.3) is 5.52 Å². The largest absolute Gasteiger partial charge is 0.463 e. The summed E-state index contributed by atoms with van der Waals surface area (Å²) in [6.07, 6.45) is 1.78. The molecule has 2 fully saturated rings. The first-order valence-corrected chi connectivity index (χ1v) is 9.66. The zero-order valence-electron chi connectivity index (χ0n) is 15.8. The van der Waals surface area contributed by atoms with Crippen LogP contribution < -0.4 is 5.73 Å². The summed E-state index contributed by atoms with van der Waals surface area (Å²) < 4.78 is 12.4. The van der Waals surface area contributed by atoms with Crippen LogP contribution >= 0.6 is 0 Å². The number of nitriles is 1. The molecule has 10 nitrogen and oxygen atoms in total. The molecular formula is C19H23N5O5. The van der Waals surface area contributed by atoms with Crippen molar-refractivity contribution in [1.82, 2.24) is 14.6 Å². The molecule has 2 aliphatic rings. The van der Waals surface area contributed by atoms with Gasteiger partial charge in [-0.1, -0.05) is 12.8 Å². The number of anilines is 1. The van der Waals surface area contributed by atoms with E-state index in [0.717, 1.165) is 25.7 Å². The van der Waals surface area contributed by atoms with Crippen molar-refractivity contribution in [2.45, 2.75) is 56.0 Å². The number of nitrogens with zero attached hydrogens (tertiary/aromatic N) is 4. The number of nitrogens with two attached hydrogens (primary N) is 1. The monoisotopic (exact) mass is 401 g/mol. The third-order valence-corrected chi connectivity index (χ3v) is 5.83. The number of esters is 1. The molecule has 0 spiro atoms. The van der Waals surface area contributed by atoms with Crippen LogP contribution in [0.15, 0.2) is 18.5 Å². The summed E-state index contributed by atoms with van der Waals surface area (Å²) in [7, 11) is 0. The summed E-state index contributed by atoms with van der Waals surface area (Å²) in [5.74, 6) is 0.160. The number of rotatable bonds is 5. The van der Waals surface area contributed by atoms with E-state index >= 15 is 0 Å². The molecule has 2 aromatic rings. The van der Waals surface area contributed by atoms with Crippen LogP contribution in [0.2, 0.25) is 0 Å². The molecule has 0 radical (unpaired) electrons. The lowest BCUT2D eigenvalue weighted by molar-refractivity contribution is -0.151. The van der Waals surface area contributed by atoms with Crippen molar-refractivity contribution in [3.8, 4) is 6.07 Å². The summed E-state index contributed by atoms with van der Waals surface area (Å²) in [4.78, 5) is 16.0. The highest BCUT2D eigenvalue weighted by Crippen LogP contribution is 2.40. The van der Waals surface area contributed by atoms with Gasteiger partial charge in [0.15, 0.2) is 5.82 Å². The van der Waals surface area contributed by atoms with Gasteiger partial charge in [-0.3, -0.25) is 4.79 Å². The molecule has 0 unspecified atom stereocenters. The molecule has 154 valence electrons. The number of carbonyl (C=O) groups is 1. The van der Waals surface area contributed by atoms with Crippen molar-refractivity contribution in [3.63, 3.8) is 0 Å². The van der Waals surface area contributed by atoms with E-state index in [9.17, 15) is 20.3 Å². The number of aliphatic hydroxyl groups excluding tert-OH is 2. The maximum absolute atomic E-state index is 12.1. The third kappa shape index (κ3) is 3.31. The molecule has 0 bridgehead atoms. The first-order valence-electron chi connectivity index (χ1n) is 9.66. The van der Waals surface area contributed by atoms with E-state index < -0.39 is 23.9 Å². The van der Waals surface area contributed by atoms with Gasteiger partial charge in [-0.15, -0.1) is 0 Å². The molecule has 4 atom stereocenters. The van der Waals surface area contributed by atoms with Gasteiger partial charge in [0, 0.05) is 6.42 Å². The Hall–Kier alpha value is -2.74. The number of fused-ring (bicyclic) bond motifs is 1. The average Bonchev–Trinajstić information content (AvgIpc) is 3.42. The summed E-state index contributed by atoms with van der Waals surface area (Å²) >= 11 is 0. The molecule has 2 aromatic heterocycles. The van der Waals surface area contributed by atoms with Crippen LogP contribution in [0.3, 0.4) is 0 Å².